The highest BCUT2D eigenvalue weighted by Crippen LogP contribution is 2.53. The van der Waals surface area contributed by atoms with Gasteiger partial charge in [0.2, 0.25) is 0 Å². The molecule has 0 aromatic heterocycles. The monoisotopic (exact) mass is 536 g/mol. The third-order valence-electron chi connectivity index (χ3n) is 6.19. The van der Waals surface area contributed by atoms with E-state index in [0.29, 0.717) is 49.8 Å². The molecule has 0 fully saturated rings. The van der Waals surface area contributed by atoms with Crippen molar-refractivity contribution in [2.75, 3.05) is 10.6 Å². The van der Waals surface area contributed by atoms with Gasteiger partial charge < -0.3 is 19.8 Å². The first-order valence-electron chi connectivity index (χ1n) is 11.9. The zero-order valence-corrected chi connectivity index (χ0v) is 21.2. The zero-order valence-electron chi connectivity index (χ0n) is 19.7. The SMILES string of the molecule is Clc1c2c(c(Cl)c3oc4cc(=Nc5ccccc5)ccc-4nc13)Nc1ccc(Nc3ccccc3)cc1O2. The van der Waals surface area contributed by atoms with Gasteiger partial charge in [0.15, 0.2) is 22.8 Å². The molecule has 38 heavy (non-hydrogen) atoms. The van der Waals surface area contributed by atoms with Crippen LogP contribution < -0.4 is 20.7 Å². The molecule has 0 bridgehead atoms. The van der Waals surface area contributed by atoms with Crippen molar-refractivity contribution in [2.45, 2.75) is 0 Å². The molecule has 0 spiro atoms. The minimum atomic E-state index is 0.308. The van der Waals surface area contributed by atoms with Crippen LogP contribution in [-0.4, -0.2) is 4.98 Å². The highest BCUT2D eigenvalue weighted by Gasteiger charge is 2.28. The molecule has 6 nitrogen and oxygen atoms in total. The van der Waals surface area contributed by atoms with Crippen molar-refractivity contribution in [2.24, 2.45) is 4.99 Å². The van der Waals surface area contributed by atoms with Gasteiger partial charge in [-0.3, -0.25) is 0 Å². The summed E-state index contributed by atoms with van der Waals surface area (Å²) >= 11 is 13.7. The van der Waals surface area contributed by atoms with E-state index in [2.05, 4.69) is 15.6 Å². The van der Waals surface area contributed by atoms with Gasteiger partial charge in [0.25, 0.3) is 0 Å². The number of para-hydroxylation sites is 2. The van der Waals surface area contributed by atoms with Gasteiger partial charge >= 0.3 is 0 Å². The largest absolute Gasteiger partial charge is 0.451 e. The van der Waals surface area contributed by atoms with Gasteiger partial charge in [0.05, 0.1) is 16.7 Å². The number of nitrogens with one attached hydrogen (secondary N) is 2. The molecule has 2 aliphatic heterocycles. The van der Waals surface area contributed by atoms with Crippen molar-refractivity contribution in [3.63, 3.8) is 0 Å². The molecule has 2 N–H and O–H groups in total. The third-order valence-corrected chi connectivity index (χ3v) is 6.90. The standard InChI is InChI=1S/C30H18Cl2N4O2/c31-25-28-30(38-24-16-20(12-14-22(24)36-28)34-18-9-5-2-6-10-18)26(32)27-29(25)37-23-15-19(11-13-21(23)35-27)33-17-7-3-1-4-8-17/h1-16,33,35H. The molecule has 2 heterocycles. The Balaban J connectivity index is 1.30. The number of hydrogen-bond acceptors (Lipinski definition) is 6. The molecule has 0 radical (unpaired) electrons. The summed E-state index contributed by atoms with van der Waals surface area (Å²) in [4.78, 5) is 9.41. The number of fused-ring (bicyclic) bond motifs is 4. The van der Waals surface area contributed by atoms with Crippen molar-refractivity contribution in [1.82, 2.24) is 4.98 Å². The maximum absolute atomic E-state index is 6.84. The summed E-state index contributed by atoms with van der Waals surface area (Å²) in [5.74, 6) is 1.55. The summed E-state index contributed by atoms with van der Waals surface area (Å²) in [7, 11) is 0. The summed E-state index contributed by atoms with van der Waals surface area (Å²) in [6, 6.07) is 31.0. The molecule has 3 aliphatic rings. The van der Waals surface area contributed by atoms with Crippen LogP contribution in [0.1, 0.15) is 0 Å². The molecule has 8 heteroatoms. The van der Waals surface area contributed by atoms with Gasteiger partial charge in [-0.15, -0.1) is 0 Å². The Bertz CT molecular complexity index is 1870. The van der Waals surface area contributed by atoms with Crippen molar-refractivity contribution < 1.29 is 9.15 Å². The van der Waals surface area contributed by atoms with Gasteiger partial charge in [-0.25, -0.2) is 9.98 Å². The van der Waals surface area contributed by atoms with Crippen LogP contribution in [-0.2, 0) is 0 Å². The van der Waals surface area contributed by atoms with Crippen molar-refractivity contribution in [3.05, 3.63) is 112 Å². The molecule has 1 aliphatic carbocycles. The predicted molar refractivity (Wildman–Crippen MR) is 152 cm³/mol. The molecule has 7 rings (SSSR count). The van der Waals surface area contributed by atoms with Gasteiger partial charge in [-0.2, -0.15) is 0 Å². The van der Waals surface area contributed by atoms with Gasteiger partial charge in [-0.1, -0.05) is 59.6 Å². The van der Waals surface area contributed by atoms with Crippen LogP contribution in [0.15, 0.2) is 106 Å². The topological polar surface area (TPSA) is 71.7 Å². The average Bonchev–Trinajstić information content (AvgIpc) is 2.95. The number of nitrogens with zero attached hydrogens (tertiary/aromatic N) is 2. The van der Waals surface area contributed by atoms with Gasteiger partial charge in [0.1, 0.15) is 26.9 Å². The lowest BCUT2D eigenvalue weighted by Gasteiger charge is -2.25. The Morgan fingerprint density at radius 1 is 0.789 bits per heavy atom. The quantitative estimate of drug-likeness (QED) is 0.220. The first kappa shape index (κ1) is 22.7. The van der Waals surface area contributed by atoms with Crippen molar-refractivity contribution >= 4 is 62.7 Å². The molecule has 4 aromatic carbocycles. The Kier molecular flexibility index (Phi) is 5.43. The van der Waals surface area contributed by atoms with E-state index in [4.69, 9.17) is 37.3 Å². The van der Waals surface area contributed by atoms with Crippen LogP contribution in [0.5, 0.6) is 11.5 Å². The number of halogens is 2. The summed E-state index contributed by atoms with van der Waals surface area (Å²) in [5.41, 5.74) is 5.38. The Hall–Kier alpha value is -4.52. The highest BCUT2D eigenvalue weighted by molar-refractivity contribution is 6.43. The lowest BCUT2D eigenvalue weighted by Crippen LogP contribution is -2.06. The lowest BCUT2D eigenvalue weighted by molar-refractivity contribution is 0.481. The molecule has 0 saturated heterocycles. The van der Waals surface area contributed by atoms with Gasteiger partial charge in [-0.05, 0) is 48.5 Å². The summed E-state index contributed by atoms with van der Waals surface area (Å²) < 4.78 is 12.5. The summed E-state index contributed by atoms with van der Waals surface area (Å²) in [6.07, 6.45) is 0. The lowest BCUT2D eigenvalue weighted by atomic mass is 10.1. The zero-order chi connectivity index (χ0) is 25.6. The number of ether oxygens (including phenoxy) is 1. The molecule has 184 valence electrons. The maximum Gasteiger partial charge on any atom is 0.175 e. The molecule has 0 saturated carbocycles. The van der Waals surface area contributed by atoms with Crippen LogP contribution in [0.4, 0.5) is 28.4 Å². The second-order valence-electron chi connectivity index (χ2n) is 8.75. The molecular weight excluding hydrogens is 519 g/mol. The number of rotatable bonds is 3. The number of anilines is 4. The Morgan fingerprint density at radius 2 is 1.58 bits per heavy atom. The second-order valence-corrected chi connectivity index (χ2v) is 9.51. The molecule has 0 atom stereocenters. The maximum atomic E-state index is 6.84. The van der Waals surface area contributed by atoms with E-state index >= 15 is 0 Å². The minimum absolute atomic E-state index is 0.308. The van der Waals surface area contributed by atoms with E-state index in [1.54, 1.807) is 0 Å². The normalized spacial score (nSPS) is 12.5. The average molecular weight is 537 g/mol. The summed E-state index contributed by atoms with van der Waals surface area (Å²) in [5, 5.41) is 8.10. The van der Waals surface area contributed by atoms with Crippen molar-refractivity contribution in [1.29, 1.82) is 0 Å². The van der Waals surface area contributed by atoms with Crippen LogP contribution in [0.2, 0.25) is 10.0 Å². The van der Waals surface area contributed by atoms with E-state index in [9.17, 15) is 0 Å². The number of aromatic nitrogens is 1. The smallest absolute Gasteiger partial charge is 0.175 e. The fourth-order valence-corrected chi connectivity index (χ4v) is 4.91. The van der Waals surface area contributed by atoms with Crippen LogP contribution in [0.3, 0.4) is 0 Å². The minimum Gasteiger partial charge on any atom is -0.451 e. The summed E-state index contributed by atoms with van der Waals surface area (Å²) in [6.45, 7) is 0. The van der Waals surface area contributed by atoms with Crippen LogP contribution in [0.25, 0.3) is 22.6 Å². The Morgan fingerprint density at radius 3 is 2.39 bits per heavy atom. The molecule has 0 amide bonds. The van der Waals surface area contributed by atoms with Gasteiger partial charge in [0, 0.05) is 23.5 Å². The molecule has 4 aromatic rings. The first-order chi connectivity index (χ1) is 18.6. The number of benzene rings is 5. The Labute approximate surface area is 227 Å². The van der Waals surface area contributed by atoms with E-state index < -0.39 is 0 Å². The van der Waals surface area contributed by atoms with Crippen LogP contribution in [0, 0.1) is 0 Å². The second kappa shape index (κ2) is 9.10. The number of hydrogen-bond donors (Lipinski definition) is 2. The third kappa shape index (κ3) is 4.00. The van der Waals surface area contributed by atoms with E-state index in [1.165, 1.54) is 0 Å². The predicted octanol–water partition coefficient (Wildman–Crippen LogP) is 9.06. The van der Waals surface area contributed by atoms with Crippen LogP contribution >= 0.6 is 23.2 Å². The molecule has 0 unspecified atom stereocenters. The molecular formula is C30H18Cl2N4O2. The fraction of sp³-hybridized carbons (Fsp3) is 0. The first-order valence-corrected chi connectivity index (χ1v) is 12.6. The highest BCUT2D eigenvalue weighted by atomic mass is 35.5. The van der Waals surface area contributed by atoms with E-state index in [1.807, 2.05) is 97.1 Å². The van der Waals surface area contributed by atoms with E-state index in [-0.39, 0.29) is 0 Å². The van der Waals surface area contributed by atoms with E-state index in [0.717, 1.165) is 28.1 Å². The van der Waals surface area contributed by atoms with Crippen molar-refractivity contribution in [3.8, 4) is 23.0 Å². The fourth-order valence-electron chi connectivity index (χ4n) is 4.38.